The van der Waals surface area contributed by atoms with Gasteiger partial charge in [0, 0.05) is 18.8 Å². The number of hydrogen-bond donors (Lipinski definition) is 1. The molecule has 2 nitrogen and oxygen atoms in total. The van der Waals surface area contributed by atoms with Crippen molar-refractivity contribution in [1.29, 1.82) is 0 Å². The van der Waals surface area contributed by atoms with E-state index in [0.29, 0.717) is 0 Å². The largest absolute Gasteiger partial charge is 0.391 e. The molecule has 0 radical (unpaired) electrons. The molecule has 0 bridgehead atoms. The predicted octanol–water partition coefficient (Wildman–Crippen LogP) is 5.78. The van der Waals surface area contributed by atoms with E-state index in [4.69, 9.17) is 0 Å². The van der Waals surface area contributed by atoms with E-state index in [0.717, 1.165) is 18.8 Å². The molecule has 0 saturated heterocycles. The zero-order valence-corrected chi connectivity index (χ0v) is 17.8. The molecule has 0 fully saturated rings. The van der Waals surface area contributed by atoms with Gasteiger partial charge in [-0.3, -0.25) is 4.90 Å². The molecule has 0 aliphatic rings. The van der Waals surface area contributed by atoms with Gasteiger partial charge >= 0.3 is 0 Å². The second-order valence-electron chi connectivity index (χ2n) is 6.89. The SMILES string of the molecule is CCCCCCCCCCSCC(O)CN(C)Cc1ccccc1.Cl. The lowest BCUT2D eigenvalue weighted by molar-refractivity contribution is 0.142. The molecular weight excluding hydrogens is 350 g/mol. The Kier molecular flexibility index (Phi) is 17.1. The summed E-state index contributed by atoms with van der Waals surface area (Å²) in [4.78, 5) is 2.21. The van der Waals surface area contributed by atoms with Crippen molar-refractivity contribution < 1.29 is 5.11 Å². The van der Waals surface area contributed by atoms with Crippen molar-refractivity contribution in [2.24, 2.45) is 0 Å². The van der Waals surface area contributed by atoms with Gasteiger partial charge in [-0.25, -0.2) is 0 Å². The highest BCUT2D eigenvalue weighted by molar-refractivity contribution is 7.99. The minimum absolute atomic E-state index is 0. The van der Waals surface area contributed by atoms with Gasteiger partial charge in [0.25, 0.3) is 0 Å². The third-order valence-electron chi connectivity index (χ3n) is 4.27. The first-order valence-corrected chi connectivity index (χ1v) is 10.9. The van der Waals surface area contributed by atoms with Crippen molar-refractivity contribution >= 4 is 24.2 Å². The lowest BCUT2D eigenvalue weighted by Gasteiger charge is -2.20. The zero-order valence-electron chi connectivity index (χ0n) is 16.2. The average molecular weight is 388 g/mol. The van der Waals surface area contributed by atoms with Crippen molar-refractivity contribution in [2.45, 2.75) is 70.9 Å². The van der Waals surface area contributed by atoms with Crippen LogP contribution in [0.1, 0.15) is 63.9 Å². The van der Waals surface area contributed by atoms with Crippen LogP contribution in [0.25, 0.3) is 0 Å². The van der Waals surface area contributed by atoms with Crippen LogP contribution in [-0.4, -0.2) is 41.2 Å². The standard InChI is InChI=1S/C21H37NOS.ClH/c1-3-4-5-6-7-8-9-13-16-24-19-21(23)18-22(2)17-20-14-11-10-12-15-20;/h10-12,14-15,21,23H,3-9,13,16-19H2,1-2H3;1H. The summed E-state index contributed by atoms with van der Waals surface area (Å²) >= 11 is 1.90. The molecule has 1 rings (SSSR count). The maximum atomic E-state index is 10.2. The van der Waals surface area contributed by atoms with Crippen LogP contribution in [0, 0.1) is 0 Å². The molecule has 1 aromatic carbocycles. The van der Waals surface area contributed by atoms with Gasteiger partial charge < -0.3 is 5.11 Å². The maximum absolute atomic E-state index is 10.2. The van der Waals surface area contributed by atoms with Gasteiger partial charge in [-0.2, -0.15) is 11.8 Å². The average Bonchev–Trinajstić information content (AvgIpc) is 2.57. The van der Waals surface area contributed by atoms with E-state index in [1.807, 2.05) is 17.8 Å². The number of halogens is 1. The topological polar surface area (TPSA) is 23.5 Å². The van der Waals surface area contributed by atoms with Crippen LogP contribution >= 0.6 is 24.2 Å². The van der Waals surface area contributed by atoms with E-state index in [-0.39, 0.29) is 18.5 Å². The Hall–Kier alpha value is -0.220. The molecular formula is C21H38ClNOS. The van der Waals surface area contributed by atoms with Crippen LogP contribution < -0.4 is 0 Å². The molecule has 1 atom stereocenters. The van der Waals surface area contributed by atoms with Crippen molar-refractivity contribution in [3.63, 3.8) is 0 Å². The molecule has 0 heterocycles. The van der Waals surface area contributed by atoms with Crippen LogP contribution in [0.5, 0.6) is 0 Å². The molecule has 0 amide bonds. The summed E-state index contributed by atoms with van der Waals surface area (Å²) in [6.07, 6.45) is 10.8. The highest BCUT2D eigenvalue weighted by atomic mass is 35.5. The van der Waals surface area contributed by atoms with E-state index in [9.17, 15) is 5.11 Å². The third-order valence-corrected chi connectivity index (χ3v) is 5.47. The maximum Gasteiger partial charge on any atom is 0.0757 e. The molecule has 0 spiro atoms. The van der Waals surface area contributed by atoms with E-state index >= 15 is 0 Å². The first kappa shape index (κ1) is 24.8. The number of hydrogen-bond acceptors (Lipinski definition) is 3. The zero-order chi connectivity index (χ0) is 17.5. The molecule has 0 saturated carbocycles. The van der Waals surface area contributed by atoms with Gasteiger partial charge in [0.05, 0.1) is 6.10 Å². The lowest BCUT2D eigenvalue weighted by atomic mass is 10.1. The first-order chi connectivity index (χ1) is 11.7. The van der Waals surface area contributed by atoms with Gasteiger partial charge in [-0.1, -0.05) is 82.2 Å². The highest BCUT2D eigenvalue weighted by Gasteiger charge is 2.08. The Morgan fingerprint density at radius 2 is 1.56 bits per heavy atom. The number of aliphatic hydroxyl groups is 1. The van der Waals surface area contributed by atoms with Crippen molar-refractivity contribution in [3.05, 3.63) is 35.9 Å². The summed E-state index contributed by atoms with van der Waals surface area (Å²) in [5.74, 6) is 2.05. The monoisotopic (exact) mass is 387 g/mol. The lowest BCUT2D eigenvalue weighted by Crippen LogP contribution is -2.30. The smallest absolute Gasteiger partial charge is 0.0757 e. The predicted molar refractivity (Wildman–Crippen MR) is 116 cm³/mol. The molecule has 1 N–H and O–H groups in total. The number of nitrogens with zero attached hydrogens (tertiary/aromatic N) is 1. The van der Waals surface area contributed by atoms with Gasteiger partial charge in [-0.05, 0) is 24.8 Å². The van der Waals surface area contributed by atoms with Crippen molar-refractivity contribution in [1.82, 2.24) is 4.90 Å². The summed E-state index contributed by atoms with van der Waals surface area (Å²) in [5, 5.41) is 10.2. The molecule has 4 heteroatoms. The van der Waals surface area contributed by atoms with E-state index in [1.54, 1.807) is 0 Å². The van der Waals surface area contributed by atoms with E-state index in [2.05, 4.69) is 43.1 Å². The van der Waals surface area contributed by atoms with Crippen LogP contribution in [0.15, 0.2) is 30.3 Å². The molecule has 0 aromatic heterocycles. The fraction of sp³-hybridized carbons (Fsp3) is 0.714. The van der Waals surface area contributed by atoms with E-state index in [1.165, 1.54) is 62.7 Å². The first-order valence-electron chi connectivity index (χ1n) is 9.70. The van der Waals surface area contributed by atoms with Crippen molar-refractivity contribution in [3.8, 4) is 0 Å². The van der Waals surface area contributed by atoms with Gasteiger partial charge in [-0.15, -0.1) is 12.4 Å². The number of aliphatic hydroxyl groups excluding tert-OH is 1. The Morgan fingerprint density at radius 3 is 2.20 bits per heavy atom. The Bertz CT molecular complexity index is 391. The molecule has 1 unspecified atom stereocenters. The Balaban J connectivity index is 0.00000576. The second kappa shape index (κ2) is 17.2. The van der Waals surface area contributed by atoms with Gasteiger partial charge in [0.2, 0.25) is 0 Å². The van der Waals surface area contributed by atoms with Crippen LogP contribution in [-0.2, 0) is 6.54 Å². The van der Waals surface area contributed by atoms with Gasteiger partial charge in [0.15, 0.2) is 0 Å². The van der Waals surface area contributed by atoms with Crippen LogP contribution in [0.3, 0.4) is 0 Å². The molecule has 0 aliphatic carbocycles. The van der Waals surface area contributed by atoms with Gasteiger partial charge in [0.1, 0.15) is 0 Å². The number of rotatable bonds is 15. The number of unbranched alkanes of at least 4 members (excludes halogenated alkanes) is 7. The molecule has 1 aromatic rings. The summed E-state index contributed by atoms with van der Waals surface area (Å²) < 4.78 is 0. The quantitative estimate of drug-likeness (QED) is 0.386. The molecule has 146 valence electrons. The molecule has 0 aliphatic heterocycles. The van der Waals surface area contributed by atoms with E-state index < -0.39 is 0 Å². The summed E-state index contributed by atoms with van der Waals surface area (Å²) in [6.45, 7) is 3.92. The summed E-state index contributed by atoms with van der Waals surface area (Å²) in [7, 11) is 2.08. The Labute approximate surface area is 166 Å². The minimum Gasteiger partial charge on any atom is -0.391 e. The van der Waals surface area contributed by atoms with Crippen molar-refractivity contribution in [2.75, 3.05) is 25.1 Å². The fourth-order valence-corrected chi connectivity index (χ4v) is 3.88. The minimum atomic E-state index is -0.224. The second-order valence-corrected chi connectivity index (χ2v) is 8.04. The molecule has 25 heavy (non-hydrogen) atoms. The Morgan fingerprint density at radius 1 is 0.960 bits per heavy atom. The highest BCUT2D eigenvalue weighted by Crippen LogP contribution is 2.12. The third kappa shape index (κ3) is 14.6. The normalized spacial score (nSPS) is 12.2. The summed E-state index contributed by atoms with van der Waals surface area (Å²) in [6, 6.07) is 10.5. The summed E-state index contributed by atoms with van der Waals surface area (Å²) in [5.41, 5.74) is 1.30. The number of benzene rings is 1. The number of thioether (sulfide) groups is 1. The number of likely N-dealkylation sites (N-methyl/N-ethyl adjacent to an activating group) is 1. The van der Waals surface area contributed by atoms with Crippen LogP contribution in [0.2, 0.25) is 0 Å². The van der Waals surface area contributed by atoms with Crippen LogP contribution in [0.4, 0.5) is 0 Å². The fourth-order valence-electron chi connectivity index (χ4n) is 2.93.